The van der Waals surface area contributed by atoms with Crippen molar-refractivity contribution >= 4 is 22.6 Å². The van der Waals surface area contributed by atoms with Crippen LogP contribution >= 0.6 is 0 Å². The lowest BCUT2D eigenvalue weighted by molar-refractivity contribution is -0.122. The number of nitrogens with zero attached hydrogens (tertiary/aromatic N) is 2. The van der Waals surface area contributed by atoms with E-state index in [4.69, 9.17) is 10.7 Å². The van der Waals surface area contributed by atoms with Crippen LogP contribution < -0.4 is 10.6 Å². The molecular formula is C17H21N3O. The third-order valence-electron chi connectivity index (χ3n) is 4.46. The molecule has 0 saturated carbocycles. The summed E-state index contributed by atoms with van der Waals surface area (Å²) < 4.78 is 0. The van der Waals surface area contributed by atoms with E-state index in [1.807, 2.05) is 0 Å². The highest BCUT2D eigenvalue weighted by molar-refractivity contribution is 5.86. The maximum absolute atomic E-state index is 11.3. The molecule has 110 valence electrons. The van der Waals surface area contributed by atoms with Crippen LogP contribution in [0.3, 0.4) is 0 Å². The second kappa shape index (κ2) is 5.35. The topological polar surface area (TPSA) is 59.2 Å². The highest BCUT2D eigenvalue weighted by Gasteiger charge is 2.24. The quantitative estimate of drug-likeness (QED) is 0.921. The summed E-state index contributed by atoms with van der Waals surface area (Å²) in [7, 11) is 0. The van der Waals surface area contributed by atoms with Gasteiger partial charge in [-0.2, -0.15) is 0 Å². The molecule has 0 radical (unpaired) electrons. The summed E-state index contributed by atoms with van der Waals surface area (Å²) in [5, 5.41) is 1.21. The first-order chi connectivity index (χ1) is 10.1. The molecule has 2 heterocycles. The predicted molar refractivity (Wildman–Crippen MR) is 85.3 cm³/mol. The number of amides is 1. The molecule has 2 N–H and O–H groups in total. The zero-order chi connectivity index (χ0) is 15.0. The van der Waals surface area contributed by atoms with Gasteiger partial charge < -0.3 is 10.6 Å². The van der Waals surface area contributed by atoms with E-state index in [9.17, 15) is 4.79 Å². The van der Waals surface area contributed by atoms with Crippen LogP contribution in [-0.4, -0.2) is 24.0 Å². The van der Waals surface area contributed by atoms with E-state index in [1.165, 1.54) is 16.5 Å². The molecule has 3 rings (SSSR count). The van der Waals surface area contributed by atoms with Crippen molar-refractivity contribution in [2.24, 2.45) is 11.7 Å². The van der Waals surface area contributed by atoms with E-state index in [0.717, 1.165) is 37.3 Å². The first-order valence-corrected chi connectivity index (χ1v) is 7.47. The maximum Gasteiger partial charge on any atom is 0.220 e. The average molecular weight is 283 g/mol. The summed E-state index contributed by atoms with van der Waals surface area (Å²) in [6.45, 7) is 5.91. The van der Waals surface area contributed by atoms with E-state index in [2.05, 4.69) is 43.0 Å². The molecule has 1 aromatic heterocycles. The zero-order valence-corrected chi connectivity index (χ0v) is 12.6. The molecule has 4 heteroatoms. The Hall–Kier alpha value is -2.10. The van der Waals surface area contributed by atoms with E-state index >= 15 is 0 Å². The summed E-state index contributed by atoms with van der Waals surface area (Å²) in [5.74, 6) is 0.856. The maximum atomic E-state index is 11.3. The molecule has 1 saturated heterocycles. The number of benzene rings is 1. The van der Waals surface area contributed by atoms with Gasteiger partial charge in [-0.3, -0.25) is 4.79 Å². The van der Waals surface area contributed by atoms with Crippen molar-refractivity contribution in [1.82, 2.24) is 4.98 Å². The summed E-state index contributed by atoms with van der Waals surface area (Å²) in [6.07, 6.45) is 1.64. The number of primary amides is 1. The minimum atomic E-state index is -0.173. The van der Waals surface area contributed by atoms with Gasteiger partial charge in [0.2, 0.25) is 5.91 Å². The molecule has 0 bridgehead atoms. The molecule has 1 aliphatic heterocycles. The van der Waals surface area contributed by atoms with E-state index in [1.54, 1.807) is 0 Å². The first kappa shape index (κ1) is 13.9. The minimum absolute atomic E-state index is 0.0181. The first-order valence-electron chi connectivity index (χ1n) is 7.47. The van der Waals surface area contributed by atoms with Crippen LogP contribution in [0.15, 0.2) is 24.3 Å². The van der Waals surface area contributed by atoms with Crippen molar-refractivity contribution in [2.45, 2.75) is 26.7 Å². The van der Waals surface area contributed by atoms with Gasteiger partial charge >= 0.3 is 0 Å². The standard InChI is InChI=1S/C17H21N3O/c1-11-4-3-5-14-12(2)10-15(19-16(11)14)20-8-6-13(7-9-20)17(18)21/h3-5,10,13H,6-9H2,1-2H3,(H2,18,21). The Morgan fingerprint density at radius 2 is 1.95 bits per heavy atom. The lowest BCUT2D eigenvalue weighted by Gasteiger charge is -2.31. The van der Waals surface area contributed by atoms with Gasteiger partial charge in [-0.1, -0.05) is 18.2 Å². The van der Waals surface area contributed by atoms with Gasteiger partial charge in [-0.15, -0.1) is 0 Å². The number of para-hydroxylation sites is 1. The number of fused-ring (bicyclic) bond motifs is 1. The number of aromatic nitrogens is 1. The van der Waals surface area contributed by atoms with Crippen molar-refractivity contribution in [1.29, 1.82) is 0 Å². The Labute approximate surface area is 125 Å². The molecule has 1 aliphatic rings. The minimum Gasteiger partial charge on any atom is -0.369 e. The van der Waals surface area contributed by atoms with Crippen LogP contribution in [0.1, 0.15) is 24.0 Å². The second-order valence-electron chi connectivity index (χ2n) is 5.93. The predicted octanol–water partition coefficient (Wildman–Crippen LogP) is 2.55. The molecule has 4 nitrogen and oxygen atoms in total. The molecule has 1 fully saturated rings. The zero-order valence-electron chi connectivity index (χ0n) is 12.6. The van der Waals surface area contributed by atoms with Gasteiger partial charge in [0.1, 0.15) is 5.82 Å². The molecule has 1 aromatic carbocycles. The monoisotopic (exact) mass is 283 g/mol. The normalized spacial score (nSPS) is 16.4. The van der Waals surface area contributed by atoms with E-state index < -0.39 is 0 Å². The number of piperidine rings is 1. The lowest BCUT2D eigenvalue weighted by atomic mass is 9.96. The molecule has 0 aliphatic carbocycles. The summed E-state index contributed by atoms with van der Waals surface area (Å²) >= 11 is 0. The molecule has 0 spiro atoms. The highest BCUT2D eigenvalue weighted by Crippen LogP contribution is 2.27. The van der Waals surface area contributed by atoms with Gasteiger partial charge in [0, 0.05) is 24.4 Å². The SMILES string of the molecule is Cc1cc(N2CCC(C(N)=O)CC2)nc2c(C)cccc12. The third kappa shape index (κ3) is 2.58. The molecular weight excluding hydrogens is 262 g/mol. The third-order valence-corrected chi connectivity index (χ3v) is 4.46. The van der Waals surface area contributed by atoms with Crippen LogP contribution in [0.25, 0.3) is 10.9 Å². The van der Waals surface area contributed by atoms with Crippen LogP contribution in [-0.2, 0) is 4.79 Å². The Morgan fingerprint density at radius 1 is 1.24 bits per heavy atom. The van der Waals surface area contributed by atoms with Gasteiger partial charge in [0.05, 0.1) is 5.52 Å². The number of carbonyl (C=O) groups is 1. The molecule has 0 atom stereocenters. The Kier molecular flexibility index (Phi) is 3.53. The van der Waals surface area contributed by atoms with Gasteiger partial charge in [-0.25, -0.2) is 4.98 Å². The van der Waals surface area contributed by atoms with Crippen molar-refractivity contribution in [3.63, 3.8) is 0 Å². The summed E-state index contributed by atoms with van der Waals surface area (Å²) in [4.78, 5) is 18.4. The smallest absolute Gasteiger partial charge is 0.220 e. The van der Waals surface area contributed by atoms with Crippen LogP contribution in [0, 0.1) is 19.8 Å². The van der Waals surface area contributed by atoms with Crippen molar-refractivity contribution in [2.75, 3.05) is 18.0 Å². The second-order valence-corrected chi connectivity index (χ2v) is 5.93. The number of hydrogen-bond acceptors (Lipinski definition) is 3. The number of rotatable bonds is 2. The fraction of sp³-hybridized carbons (Fsp3) is 0.412. The molecule has 1 amide bonds. The number of carbonyl (C=O) groups excluding carboxylic acids is 1. The Morgan fingerprint density at radius 3 is 2.62 bits per heavy atom. The van der Waals surface area contributed by atoms with Crippen LogP contribution in [0.5, 0.6) is 0 Å². The van der Waals surface area contributed by atoms with Gasteiger partial charge in [0.25, 0.3) is 0 Å². The molecule has 2 aromatic rings. The van der Waals surface area contributed by atoms with Crippen molar-refractivity contribution in [3.8, 4) is 0 Å². The van der Waals surface area contributed by atoms with E-state index in [0.29, 0.717) is 0 Å². The number of pyridine rings is 1. The largest absolute Gasteiger partial charge is 0.369 e. The van der Waals surface area contributed by atoms with Crippen LogP contribution in [0.4, 0.5) is 5.82 Å². The lowest BCUT2D eigenvalue weighted by Crippen LogP contribution is -2.38. The van der Waals surface area contributed by atoms with Crippen molar-refractivity contribution < 1.29 is 4.79 Å². The number of nitrogens with two attached hydrogens (primary N) is 1. The Bertz CT molecular complexity index is 688. The number of anilines is 1. The van der Waals surface area contributed by atoms with Gasteiger partial charge in [0.15, 0.2) is 0 Å². The fourth-order valence-corrected chi connectivity index (χ4v) is 3.10. The number of aryl methyl sites for hydroxylation is 2. The summed E-state index contributed by atoms with van der Waals surface area (Å²) in [6, 6.07) is 8.43. The van der Waals surface area contributed by atoms with E-state index in [-0.39, 0.29) is 11.8 Å². The molecule has 21 heavy (non-hydrogen) atoms. The number of hydrogen-bond donors (Lipinski definition) is 1. The Balaban J connectivity index is 1.92. The fourth-order valence-electron chi connectivity index (χ4n) is 3.10. The van der Waals surface area contributed by atoms with Crippen molar-refractivity contribution in [3.05, 3.63) is 35.4 Å². The average Bonchev–Trinajstić information content (AvgIpc) is 2.48. The van der Waals surface area contributed by atoms with Crippen LogP contribution in [0.2, 0.25) is 0 Å². The summed E-state index contributed by atoms with van der Waals surface area (Å²) in [5.41, 5.74) is 8.91. The highest BCUT2D eigenvalue weighted by atomic mass is 16.1. The van der Waals surface area contributed by atoms with Gasteiger partial charge in [-0.05, 0) is 43.9 Å². The molecule has 0 unspecified atom stereocenters.